The van der Waals surface area contributed by atoms with Crippen LogP contribution in [0.5, 0.6) is 0 Å². The number of hydrogen-bond acceptors (Lipinski definition) is 4. The van der Waals surface area contributed by atoms with E-state index >= 15 is 0 Å². The van der Waals surface area contributed by atoms with Gasteiger partial charge in [0.15, 0.2) is 0 Å². The van der Waals surface area contributed by atoms with Crippen molar-refractivity contribution in [2.24, 2.45) is 5.92 Å². The number of aryl methyl sites for hydroxylation is 2. The van der Waals surface area contributed by atoms with Crippen LogP contribution in [0.3, 0.4) is 0 Å². The van der Waals surface area contributed by atoms with Crippen molar-refractivity contribution in [2.45, 2.75) is 52.1 Å². The number of anilines is 1. The minimum absolute atomic E-state index is 0.0746. The first-order valence-electron chi connectivity index (χ1n) is 12.9. The number of nitrogens with zero attached hydrogens (tertiary/aromatic N) is 2. The van der Waals surface area contributed by atoms with E-state index in [0.717, 1.165) is 21.0 Å². The Morgan fingerprint density at radius 2 is 1.49 bits per heavy atom. The number of sulfonamides is 1. The lowest BCUT2D eigenvalue weighted by Gasteiger charge is -2.32. The Kier molecular flexibility index (Phi) is 10.2. The first-order valence-corrected chi connectivity index (χ1v) is 14.7. The van der Waals surface area contributed by atoms with Crippen LogP contribution >= 0.6 is 11.6 Å². The van der Waals surface area contributed by atoms with Crippen molar-refractivity contribution in [2.75, 3.05) is 17.4 Å². The topological polar surface area (TPSA) is 86.8 Å². The maximum Gasteiger partial charge on any atom is 0.264 e. The zero-order chi connectivity index (χ0) is 28.7. The van der Waals surface area contributed by atoms with Crippen molar-refractivity contribution in [1.29, 1.82) is 0 Å². The predicted octanol–water partition coefficient (Wildman–Crippen LogP) is 5.34. The zero-order valence-corrected chi connectivity index (χ0v) is 24.6. The van der Waals surface area contributed by atoms with Crippen LogP contribution in [0.2, 0.25) is 5.02 Å². The second-order valence-corrected chi connectivity index (χ2v) is 12.4. The Morgan fingerprint density at radius 3 is 2.05 bits per heavy atom. The van der Waals surface area contributed by atoms with Gasteiger partial charge in [0, 0.05) is 18.1 Å². The van der Waals surface area contributed by atoms with Crippen LogP contribution in [0, 0.1) is 19.8 Å². The van der Waals surface area contributed by atoms with E-state index in [0.29, 0.717) is 17.3 Å². The maximum absolute atomic E-state index is 13.9. The molecule has 2 amide bonds. The number of carbonyl (C=O) groups excluding carboxylic acids is 2. The summed E-state index contributed by atoms with van der Waals surface area (Å²) in [6.07, 6.45) is 0. The summed E-state index contributed by atoms with van der Waals surface area (Å²) in [6, 6.07) is 19.6. The monoisotopic (exact) mass is 569 g/mol. The SMILES string of the molecule is Cc1ccc(N(CC(=O)N(Cc2cccc(Cl)c2)[C@H](C)C(=O)NCC(C)C)S(=O)(=O)c2ccc(C)cc2)cc1. The van der Waals surface area contributed by atoms with Gasteiger partial charge in [0.1, 0.15) is 12.6 Å². The molecular weight excluding hydrogens is 534 g/mol. The van der Waals surface area contributed by atoms with Crippen molar-refractivity contribution in [3.63, 3.8) is 0 Å². The number of amides is 2. The molecule has 208 valence electrons. The average Bonchev–Trinajstić information content (AvgIpc) is 2.89. The van der Waals surface area contributed by atoms with Crippen LogP contribution in [-0.2, 0) is 26.2 Å². The van der Waals surface area contributed by atoms with E-state index in [-0.39, 0.29) is 23.3 Å². The van der Waals surface area contributed by atoms with Gasteiger partial charge in [-0.25, -0.2) is 8.42 Å². The molecule has 0 fully saturated rings. The normalized spacial score (nSPS) is 12.2. The number of carbonyl (C=O) groups is 2. The molecule has 0 aliphatic rings. The summed E-state index contributed by atoms with van der Waals surface area (Å²) >= 11 is 6.18. The van der Waals surface area contributed by atoms with Gasteiger partial charge in [-0.05, 0) is 68.7 Å². The fourth-order valence-electron chi connectivity index (χ4n) is 3.94. The maximum atomic E-state index is 13.9. The second kappa shape index (κ2) is 13.1. The van der Waals surface area contributed by atoms with Crippen molar-refractivity contribution in [3.05, 3.63) is 94.5 Å². The molecule has 0 saturated heterocycles. The predicted molar refractivity (Wildman–Crippen MR) is 156 cm³/mol. The van der Waals surface area contributed by atoms with E-state index in [1.54, 1.807) is 61.5 Å². The van der Waals surface area contributed by atoms with Gasteiger partial charge in [-0.15, -0.1) is 0 Å². The van der Waals surface area contributed by atoms with Gasteiger partial charge in [0.2, 0.25) is 11.8 Å². The number of benzene rings is 3. The van der Waals surface area contributed by atoms with Crippen LogP contribution in [0.25, 0.3) is 0 Å². The highest BCUT2D eigenvalue weighted by atomic mass is 35.5. The lowest BCUT2D eigenvalue weighted by molar-refractivity contribution is -0.139. The molecule has 3 aromatic carbocycles. The first-order chi connectivity index (χ1) is 18.4. The molecule has 0 unspecified atom stereocenters. The summed E-state index contributed by atoms with van der Waals surface area (Å²) in [5.74, 6) is -0.601. The number of halogens is 1. The lowest BCUT2D eigenvalue weighted by Crippen LogP contribution is -2.51. The molecule has 0 aliphatic heterocycles. The third-order valence-corrected chi connectivity index (χ3v) is 8.33. The molecule has 1 N–H and O–H groups in total. The van der Waals surface area contributed by atoms with Crippen LogP contribution in [0.4, 0.5) is 5.69 Å². The highest BCUT2D eigenvalue weighted by Crippen LogP contribution is 2.25. The molecular formula is C30H36ClN3O4S. The molecule has 7 nitrogen and oxygen atoms in total. The summed E-state index contributed by atoms with van der Waals surface area (Å²) in [6.45, 7) is 9.44. The molecule has 0 bridgehead atoms. The van der Waals surface area contributed by atoms with Gasteiger partial charge in [-0.3, -0.25) is 13.9 Å². The van der Waals surface area contributed by atoms with Crippen LogP contribution < -0.4 is 9.62 Å². The van der Waals surface area contributed by atoms with E-state index in [1.807, 2.05) is 33.8 Å². The van der Waals surface area contributed by atoms with Crippen LogP contribution in [-0.4, -0.2) is 44.3 Å². The molecule has 39 heavy (non-hydrogen) atoms. The Labute approximate surface area is 236 Å². The van der Waals surface area contributed by atoms with Crippen molar-refractivity contribution in [3.8, 4) is 0 Å². The zero-order valence-electron chi connectivity index (χ0n) is 23.0. The van der Waals surface area contributed by atoms with E-state index in [9.17, 15) is 18.0 Å². The molecule has 0 aromatic heterocycles. The minimum atomic E-state index is -4.10. The quantitative estimate of drug-likeness (QED) is 0.338. The Bertz CT molecular complexity index is 1390. The Hall–Kier alpha value is -3.36. The molecule has 3 aromatic rings. The third-order valence-electron chi connectivity index (χ3n) is 6.30. The van der Waals surface area contributed by atoms with Crippen molar-refractivity contribution >= 4 is 39.1 Å². The fourth-order valence-corrected chi connectivity index (χ4v) is 5.57. The summed E-state index contributed by atoms with van der Waals surface area (Å²) < 4.78 is 28.8. The largest absolute Gasteiger partial charge is 0.354 e. The van der Waals surface area contributed by atoms with Gasteiger partial charge in [0.25, 0.3) is 10.0 Å². The van der Waals surface area contributed by atoms with Gasteiger partial charge >= 0.3 is 0 Å². The summed E-state index contributed by atoms with van der Waals surface area (Å²) in [5.41, 5.74) is 2.95. The Balaban J connectivity index is 2.01. The Morgan fingerprint density at radius 1 is 0.897 bits per heavy atom. The summed E-state index contributed by atoms with van der Waals surface area (Å²) in [4.78, 5) is 28.4. The molecule has 0 aliphatic carbocycles. The molecule has 0 saturated carbocycles. The molecule has 9 heteroatoms. The van der Waals surface area contributed by atoms with E-state index < -0.39 is 28.5 Å². The van der Waals surface area contributed by atoms with Crippen molar-refractivity contribution < 1.29 is 18.0 Å². The highest BCUT2D eigenvalue weighted by molar-refractivity contribution is 7.92. The second-order valence-electron chi connectivity index (χ2n) is 10.1. The van der Waals surface area contributed by atoms with E-state index in [4.69, 9.17) is 11.6 Å². The van der Waals surface area contributed by atoms with Crippen LogP contribution in [0.1, 0.15) is 37.5 Å². The number of rotatable bonds is 11. The standard InChI is InChI=1S/C30H36ClN3O4S/c1-21(2)18-32-30(36)24(5)33(19-25-7-6-8-26(31)17-25)29(35)20-34(27-13-9-22(3)10-14-27)39(37,38)28-15-11-23(4)12-16-28/h6-17,21,24H,18-20H2,1-5H3,(H,32,36)/t24-/m1/s1. The smallest absolute Gasteiger partial charge is 0.264 e. The van der Waals surface area contributed by atoms with Gasteiger partial charge < -0.3 is 10.2 Å². The van der Waals surface area contributed by atoms with Crippen molar-refractivity contribution in [1.82, 2.24) is 10.2 Å². The van der Waals surface area contributed by atoms with Crippen LogP contribution in [0.15, 0.2) is 77.7 Å². The van der Waals surface area contributed by atoms with E-state index in [2.05, 4.69) is 5.32 Å². The summed E-state index contributed by atoms with van der Waals surface area (Å²) in [5, 5.41) is 3.38. The molecule has 0 heterocycles. The minimum Gasteiger partial charge on any atom is -0.354 e. The molecule has 1 atom stereocenters. The summed E-state index contributed by atoms with van der Waals surface area (Å²) in [7, 11) is -4.10. The number of nitrogens with one attached hydrogen (secondary N) is 1. The fraction of sp³-hybridized carbons (Fsp3) is 0.333. The number of hydrogen-bond donors (Lipinski definition) is 1. The highest BCUT2D eigenvalue weighted by Gasteiger charge is 2.32. The first kappa shape index (κ1) is 30.2. The van der Waals surface area contributed by atoms with E-state index in [1.165, 1.54) is 17.0 Å². The van der Waals surface area contributed by atoms with Gasteiger partial charge in [-0.1, -0.05) is 73.0 Å². The molecule has 0 spiro atoms. The van der Waals surface area contributed by atoms with Gasteiger partial charge in [-0.2, -0.15) is 0 Å². The third kappa shape index (κ3) is 8.07. The molecule has 0 radical (unpaired) electrons. The van der Waals surface area contributed by atoms with Gasteiger partial charge in [0.05, 0.1) is 10.6 Å². The average molecular weight is 570 g/mol. The molecule has 3 rings (SSSR count). The lowest BCUT2D eigenvalue weighted by atomic mass is 10.1.